The summed E-state index contributed by atoms with van der Waals surface area (Å²) in [5.74, 6) is -0.890. The van der Waals surface area contributed by atoms with Gasteiger partial charge in [0.15, 0.2) is 0 Å². The van der Waals surface area contributed by atoms with Crippen LogP contribution >= 0.6 is 0 Å². The van der Waals surface area contributed by atoms with Gasteiger partial charge in [0, 0.05) is 44.4 Å². The Hall–Kier alpha value is -1.47. The maximum Gasteiger partial charge on any atom is 0.317 e. The van der Waals surface area contributed by atoms with E-state index in [1.54, 1.807) is 27.9 Å². The van der Waals surface area contributed by atoms with Crippen molar-refractivity contribution in [3.8, 4) is 0 Å². The Morgan fingerprint density at radius 2 is 1.86 bits per heavy atom. The van der Waals surface area contributed by atoms with Gasteiger partial charge in [-0.3, -0.25) is 10.2 Å². The molecule has 7 heteroatoms. The van der Waals surface area contributed by atoms with Gasteiger partial charge < -0.3 is 25.1 Å². The highest BCUT2D eigenvalue weighted by molar-refractivity contribution is 6.02. The highest BCUT2D eigenvalue weighted by Gasteiger charge is 2.36. The van der Waals surface area contributed by atoms with Crippen molar-refractivity contribution in [2.45, 2.75) is 90.0 Å². The van der Waals surface area contributed by atoms with Gasteiger partial charge in [-0.2, -0.15) is 0 Å². The van der Waals surface area contributed by atoms with Crippen molar-refractivity contribution in [1.29, 1.82) is 10.8 Å². The predicted octanol–water partition coefficient (Wildman–Crippen LogP) is 2.97. The Labute approximate surface area is 169 Å². The van der Waals surface area contributed by atoms with Gasteiger partial charge in [0.05, 0.1) is 12.2 Å². The van der Waals surface area contributed by atoms with E-state index < -0.39 is 11.9 Å². The monoisotopic (exact) mass is 394 g/mol. The lowest BCUT2D eigenvalue weighted by molar-refractivity contribution is -0.150. The van der Waals surface area contributed by atoms with Crippen LogP contribution in [0.15, 0.2) is 0 Å². The number of hydrogen-bond donors (Lipinski definition) is 3. The van der Waals surface area contributed by atoms with E-state index in [0.29, 0.717) is 24.8 Å². The molecule has 1 aliphatic carbocycles. The molecule has 0 aromatic rings. The number of esters is 1. The SMILES string of the molecule is CO[C@H]1CN(C(=N)C(CC(C)=N)C(=O)OC(C)C)CC[C@H]1NC1CCCCC1. The highest BCUT2D eigenvalue weighted by atomic mass is 16.5. The van der Waals surface area contributed by atoms with Gasteiger partial charge in [0.1, 0.15) is 11.8 Å². The van der Waals surface area contributed by atoms with Crippen molar-refractivity contribution < 1.29 is 14.3 Å². The van der Waals surface area contributed by atoms with E-state index in [4.69, 9.17) is 20.3 Å². The minimum absolute atomic E-state index is 0.0149. The van der Waals surface area contributed by atoms with E-state index in [0.717, 1.165) is 6.42 Å². The molecule has 1 heterocycles. The topological polar surface area (TPSA) is 98.5 Å². The minimum atomic E-state index is -0.722. The normalized spacial score (nSPS) is 24.8. The Balaban J connectivity index is 2.00. The second-order valence-corrected chi connectivity index (χ2v) is 8.52. The first-order valence-corrected chi connectivity index (χ1v) is 10.7. The van der Waals surface area contributed by atoms with Crippen molar-refractivity contribution in [3.63, 3.8) is 0 Å². The van der Waals surface area contributed by atoms with Gasteiger partial charge in [-0.1, -0.05) is 19.3 Å². The number of hydrogen-bond acceptors (Lipinski definition) is 6. The lowest BCUT2D eigenvalue weighted by Crippen LogP contribution is -2.58. The summed E-state index contributed by atoms with van der Waals surface area (Å²) in [4.78, 5) is 14.5. The number of carbonyl (C=O) groups is 1. The van der Waals surface area contributed by atoms with E-state index >= 15 is 0 Å². The molecule has 3 atom stereocenters. The van der Waals surface area contributed by atoms with E-state index in [1.165, 1.54) is 32.1 Å². The quantitative estimate of drug-likeness (QED) is 0.334. The van der Waals surface area contributed by atoms with Crippen LogP contribution in [-0.2, 0) is 14.3 Å². The molecule has 0 aromatic carbocycles. The molecule has 2 aliphatic rings. The summed E-state index contributed by atoms with van der Waals surface area (Å²) >= 11 is 0. The average molecular weight is 395 g/mol. The number of methoxy groups -OCH3 is 1. The third-order valence-electron chi connectivity index (χ3n) is 5.73. The molecule has 1 unspecified atom stereocenters. The summed E-state index contributed by atoms with van der Waals surface area (Å²) in [5, 5.41) is 20.2. The molecule has 0 spiro atoms. The van der Waals surface area contributed by atoms with Crippen LogP contribution in [0.25, 0.3) is 0 Å². The van der Waals surface area contributed by atoms with E-state index in [1.807, 2.05) is 4.90 Å². The number of nitrogens with zero attached hydrogens (tertiary/aromatic N) is 1. The van der Waals surface area contributed by atoms with Crippen LogP contribution < -0.4 is 5.32 Å². The van der Waals surface area contributed by atoms with Crippen LogP contribution in [0.1, 0.15) is 65.7 Å². The molecule has 0 bridgehead atoms. The van der Waals surface area contributed by atoms with Crippen LogP contribution in [0.2, 0.25) is 0 Å². The summed E-state index contributed by atoms with van der Waals surface area (Å²) < 4.78 is 11.1. The first kappa shape index (κ1) is 22.8. The van der Waals surface area contributed by atoms with E-state index in [2.05, 4.69) is 5.32 Å². The number of nitrogens with one attached hydrogen (secondary N) is 3. The third-order valence-corrected chi connectivity index (χ3v) is 5.73. The molecule has 1 aliphatic heterocycles. The van der Waals surface area contributed by atoms with Gasteiger partial charge >= 0.3 is 5.97 Å². The number of piperidine rings is 1. The van der Waals surface area contributed by atoms with Crippen molar-refractivity contribution in [2.24, 2.45) is 5.92 Å². The Bertz CT molecular complexity index is 546. The van der Waals surface area contributed by atoms with Gasteiger partial charge in [-0.15, -0.1) is 0 Å². The van der Waals surface area contributed by atoms with Gasteiger partial charge in [0.2, 0.25) is 0 Å². The standard InChI is InChI=1S/C21H38N4O3/c1-14(2)28-21(26)17(12-15(3)22)20(23)25-11-10-18(19(13-25)27-4)24-16-8-6-5-7-9-16/h14,16-19,22-24H,5-13H2,1-4H3/t17?,18-,19+/m1/s1. The molecule has 0 aromatic heterocycles. The van der Waals surface area contributed by atoms with E-state index in [9.17, 15) is 4.79 Å². The molecule has 1 saturated carbocycles. The molecule has 3 N–H and O–H groups in total. The fraction of sp³-hybridized carbons (Fsp3) is 0.857. The lowest BCUT2D eigenvalue weighted by Gasteiger charge is -2.42. The zero-order chi connectivity index (χ0) is 20.7. The minimum Gasteiger partial charge on any atom is -0.462 e. The summed E-state index contributed by atoms with van der Waals surface area (Å²) in [6.45, 7) is 6.58. The zero-order valence-electron chi connectivity index (χ0n) is 17.9. The Morgan fingerprint density at radius 1 is 1.18 bits per heavy atom. The van der Waals surface area contributed by atoms with Crippen LogP contribution in [0.3, 0.4) is 0 Å². The number of ether oxygens (including phenoxy) is 2. The first-order chi connectivity index (χ1) is 13.3. The Morgan fingerprint density at radius 3 is 2.43 bits per heavy atom. The molecule has 2 fully saturated rings. The summed E-state index contributed by atoms with van der Waals surface area (Å²) in [5.41, 5.74) is 0.382. The fourth-order valence-electron chi connectivity index (χ4n) is 4.27. The molecule has 160 valence electrons. The average Bonchev–Trinajstić information content (AvgIpc) is 2.66. The van der Waals surface area contributed by atoms with Gasteiger partial charge in [0.25, 0.3) is 0 Å². The molecule has 1 saturated heterocycles. The van der Waals surface area contributed by atoms with Crippen LogP contribution in [0, 0.1) is 16.7 Å². The van der Waals surface area contributed by atoms with Gasteiger partial charge in [-0.05, 0) is 40.0 Å². The maximum absolute atomic E-state index is 12.5. The van der Waals surface area contributed by atoms with Crippen molar-refractivity contribution in [3.05, 3.63) is 0 Å². The second kappa shape index (κ2) is 10.9. The molecular weight excluding hydrogens is 356 g/mol. The van der Waals surface area contributed by atoms with Crippen LogP contribution in [0.5, 0.6) is 0 Å². The molecular formula is C21H38N4O3. The van der Waals surface area contributed by atoms with Crippen molar-refractivity contribution in [2.75, 3.05) is 20.2 Å². The second-order valence-electron chi connectivity index (χ2n) is 8.52. The number of rotatable bonds is 8. The molecule has 0 radical (unpaired) electrons. The summed E-state index contributed by atoms with van der Waals surface area (Å²) in [7, 11) is 1.72. The van der Waals surface area contributed by atoms with Crippen molar-refractivity contribution in [1.82, 2.24) is 10.2 Å². The predicted molar refractivity (Wildman–Crippen MR) is 111 cm³/mol. The molecule has 7 nitrogen and oxygen atoms in total. The summed E-state index contributed by atoms with van der Waals surface area (Å²) in [6, 6.07) is 0.847. The number of amidine groups is 1. The molecule has 28 heavy (non-hydrogen) atoms. The van der Waals surface area contributed by atoms with Crippen molar-refractivity contribution >= 4 is 17.5 Å². The molecule has 0 amide bonds. The smallest absolute Gasteiger partial charge is 0.317 e. The third kappa shape index (κ3) is 6.55. The van der Waals surface area contributed by atoms with Crippen LogP contribution in [-0.4, -0.2) is 66.9 Å². The highest BCUT2D eigenvalue weighted by Crippen LogP contribution is 2.23. The first-order valence-electron chi connectivity index (χ1n) is 10.7. The molecule has 2 rings (SSSR count). The van der Waals surface area contributed by atoms with Crippen LogP contribution in [0.4, 0.5) is 0 Å². The lowest BCUT2D eigenvalue weighted by atomic mass is 9.92. The number of likely N-dealkylation sites (tertiary alicyclic amines) is 1. The Kier molecular flexibility index (Phi) is 8.89. The number of carbonyl (C=O) groups excluding carboxylic acids is 1. The largest absolute Gasteiger partial charge is 0.462 e. The fourth-order valence-corrected chi connectivity index (χ4v) is 4.27. The zero-order valence-corrected chi connectivity index (χ0v) is 17.9. The van der Waals surface area contributed by atoms with E-state index in [-0.39, 0.29) is 30.5 Å². The van der Waals surface area contributed by atoms with Gasteiger partial charge in [-0.25, -0.2) is 0 Å². The summed E-state index contributed by atoms with van der Waals surface area (Å²) in [6.07, 6.45) is 7.24. The maximum atomic E-state index is 12.5.